The van der Waals surface area contributed by atoms with E-state index >= 15 is 0 Å². The molecule has 0 aliphatic heterocycles. The second-order valence-electron chi connectivity index (χ2n) is 3.95. The van der Waals surface area contributed by atoms with Gasteiger partial charge in [-0.25, -0.2) is 4.39 Å². The van der Waals surface area contributed by atoms with Crippen molar-refractivity contribution in [2.75, 3.05) is 0 Å². The SMILES string of the molecule is Cc1cc(Br)ccc1C(O)c1ccc(F)cc1. The van der Waals surface area contributed by atoms with Gasteiger partial charge < -0.3 is 5.11 Å². The highest BCUT2D eigenvalue weighted by Gasteiger charge is 2.12. The van der Waals surface area contributed by atoms with Crippen LogP contribution in [-0.4, -0.2) is 5.11 Å². The van der Waals surface area contributed by atoms with E-state index in [2.05, 4.69) is 15.9 Å². The predicted molar refractivity (Wildman–Crippen MR) is 69.3 cm³/mol. The van der Waals surface area contributed by atoms with Crippen molar-refractivity contribution in [3.05, 3.63) is 69.4 Å². The van der Waals surface area contributed by atoms with Crippen molar-refractivity contribution in [1.29, 1.82) is 0 Å². The third kappa shape index (κ3) is 2.73. The largest absolute Gasteiger partial charge is 0.384 e. The van der Waals surface area contributed by atoms with Crippen LogP contribution in [0.25, 0.3) is 0 Å². The van der Waals surface area contributed by atoms with Crippen LogP contribution < -0.4 is 0 Å². The average molecular weight is 295 g/mol. The van der Waals surface area contributed by atoms with Gasteiger partial charge in [-0.3, -0.25) is 0 Å². The first-order valence-corrected chi connectivity index (χ1v) is 6.07. The standard InChI is InChI=1S/C14H12BrFO/c1-9-8-11(15)4-7-13(9)14(17)10-2-5-12(16)6-3-10/h2-8,14,17H,1H3. The van der Waals surface area contributed by atoms with Crippen molar-refractivity contribution in [3.8, 4) is 0 Å². The van der Waals surface area contributed by atoms with Crippen molar-refractivity contribution in [3.63, 3.8) is 0 Å². The summed E-state index contributed by atoms with van der Waals surface area (Å²) in [5.41, 5.74) is 2.52. The topological polar surface area (TPSA) is 20.2 Å². The normalized spacial score (nSPS) is 12.5. The van der Waals surface area contributed by atoms with E-state index in [0.717, 1.165) is 15.6 Å². The first-order chi connectivity index (χ1) is 8.08. The van der Waals surface area contributed by atoms with Crippen LogP contribution in [0.15, 0.2) is 46.9 Å². The minimum atomic E-state index is -0.719. The molecule has 1 nitrogen and oxygen atoms in total. The van der Waals surface area contributed by atoms with Crippen molar-refractivity contribution in [2.45, 2.75) is 13.0 Å². The van der Waals surface area contributed by atoms with E-state index in [0.29, 0.717) is 5.56 Å². The fraction of sp³-hybridized carbons (Fsp3) is 0.143. The van der Waals surface area contributed by atoms with E-state index in [1.54, 1.807) is 12.1 Å². The van der Waals surface area contributed by atoms with E-state index in [1.807, 2.05) is 25.1 Å². The third-order valence-electron chi connectivity index (χ3n) is 2.71. The van der Waals surface area contributed by atoms with Crippen molar-refractivity contribution in [1.82, 2.24) is 0 Å². The molecule has 2 aromatic rings. The molecule has 0 radical (unpaired) electrons. The van der Waals surface area contributed by atoms with E-state index in [9.17, 15) is 9.50 Å². The number of aryl methyl sites for hydroxylation is 1. The smallest absolute Gasteiger partial charge is 0.123 e. The molecule has 3 heteroatoms. The fourth-order valence-electron chi connectivity index (χ4n) is 1.77. The number of hydrogen-bond acceptors (Lipinski definition) is 1. The molecule has 0 amide bonds. The van der Waals surface area contributed by atoms with Crippen LogP contribution in [0, 0.1) is 12.7 Å². The Morgan fingerprint density at radius 2 is 1.76 bits per heavy atom. The fourth-order valence-corrected chi connectivity index (χ4v) is 2.25. The van der Waals surface area contributed by atoms with Crippen LogP contribution in [0.2, 0.25) is 0 Å². The molecular weight excluding hydrogens is 283 g/mol. The van der Waals surface area contributed by atoms with Crippen molar-refractivity contribution in [2.24, 2.45) is 0 Å². The number of rotatable bonds is 2. The molecule has 2 rings (SSSR count). The van der Waals surface area contributed by atoms with Gasteiger partial charge in [-0.1, -0.05) is 34.1 Å². The van der Waals surface area contributed by atoms with Gasteiger partial charge in [-0.2, -0.15) is 0 Å². The summed E-state index contributed by atoms with van der Waals surface area (Å²) in [5.74, 6) is -0.298. The Morgan fingerprint density at radius 3 is 2.35 bits per heavy atom. The Labute approximate surface area is 108 Å². The van der Waals surface area contributed by atoms with Crippen LogP contribution in [0.5, 0.6) is 0 Å². The zero-order valence-corrected chi connectivity index (χ0v) is 10.9. The highest BCUT2D eigenvalue weighted by atomic mass is 79.9. The van der Waals surface area contributed by atoms with Crippen molar-refractivity contribution >= 4 is 15.9 Å². The van der Waals surface area contributed by atoms with E-state index in [-0.39, 0.29) is 5.82 Å². The molecule has 0 fully saturated rings. The number of hydrogen-bond donors (Lipinski definition) is 1. The van der Waals surface area contributed by atoms with Gasteiger partial charge in [-0.05, 0) is 47.9 Å². The quantitative estimate of drug-likeness (QED) is 0.888. The monoisotopic (exact) mass is 294 g/mol. The lowest BCUT2D eigenvalue weighted by atomic mass is 9.98. The lowest BCUT2D eigenvalue weighted by Gasteiger charge is -2.14. The highest BCUT2D eigenvalue weighted by Crippen LogP contribution is 2.26. The van der Waals surface area contributed by atoms with Gasteiger partial charge in [0, 0.05) is 4.47 Å². The summed E-state index contributed by atoms with van der Waals surface area (Å²) in [6.07, 6.45) is -0.719. The molecule has 0 heterocycles. The zero-order chi connectivity index (χ0) is 12.4. The number of benzene rings is 2. The second kappa shape index (κ2) is 4.98. The maximum atomic E-state index is 12.8. The molecule has 0 spiro atoms. The summed E-state index contributed by atoms with van der Waals surface area (Å²) < 4.78 is 13.8. The van der Waals surface area contributed by atoms with Crippen molar-refractivity contribution < 1.29 is 9.50 Å². The maximum Gasteiger partial charge on any atom is 0.123 e. The Bertz CT molecular complexity index is 522. The number of aliphatic hydroxyl groups is 1. The van der Waals surface area contributed by atoms with E-state index in [1.165, 1.54) is 12.1 Å². The van der Waals surface area contributed by atoms with E-state index < -0.39 is 6.10 Å². The summed E-state index contributed by atoms with van der Waals surface area (Å²) in [6, 6.07) is 11.6. The molecular formula is C14H12BrFO. The van der Waals surface area contributed by atoms with Crippen LogP contribution in [0.1, 0.15) is 22.8 Å². The van der Waals surface area contributed by atoms with Crippen LogP contribution in [-0.2, 0) is 0 Å². The van der Waals surface area contributed by atoms with Gasteiger partial charge in [0.2, 0.25) is 0 Å². The molecule has 0 aliphatic rings. The molecule has 0 aromatic heterocycles. The van der Waals surface area contributed by atoms with Crippen LogP contribution in [0.4, 0.5) is 4.39 Å². The van der Waals surface area contributed by atoms with Crippen LogP contribution in [0.3, 0.4) is 0 Å². The molecule has 1 N–H and O–H groups in total. The highest BCUT2D eigenvalue weighted by molar-refractivity contribution is 9.10. The molecule has 17 heavy (non-hydrogen) atoms. The molecule has 1 atom stereocenters. The Balaban J connectivity index is 2.36. The van der Waals surface area contributed by atoms with E-state index in [4.69, 9.17) is 0 Å². The molecule has 1 unspecified atom stereocenters. The maximum absolute atomic E-state index is 12.8. The van der Waals surface area contributed by atoms with Gasteiger partial charge in [0.1, 0.15) is 11.9 Å². The van der Waals surface area contributed by atoms with Gasteiger partial charge in [0.15, 0.2) is 0 Å². The Morgan fingerprint density at radius 1 is 1.12 bits per heavy atom. The summed E-state index contributed by atoms with van der Waals surface area (Å²) >= 11 is 3.38. The third-order valence-corrected chi connectivity index (χ3v) is 3.21. The first-order valence-electron chi connectivity index (χ1n) is 5.27. The molecule has 0 saturated heterocycles. The minimum Gasteiger partial charge on any atom is -0.384 e. The molecule has 0 bridgehead atoms. The lowest BCUT2D eigenvalue weighted by molar-refractivity contribution is 0.219. The molecule has 0 saturated carbocycles. The minimum absolute atomic E-state index is 0.298. The predicted octanol–water partition coefficient (Wildman–Crippen LogP) is 3.98. The van der Waals surface area contributed by atoms with Gasteiger partial charge in [0.25, 0.3) is 0 Å². The van der Waals surface area contributed by atoms with Gasteiger partial charge in [0.05, 0.1) is 0 Å². The summed E-state index contributed by atoms with van der Waals surface area (Å²) in [7, 11) is 0. The second-order valence-corrected chi connectivity index (χ2v) is 4.87. The average Bonchev–Trinajstić information content (AvgIpc) is 2.29. The van der Waals surface area contributed by atoms with Gasteiger partial charge in [-0.15, -0.1) is 0 Å². The summed E-state index contributed by atoms with van der Waals surface area (Å²) in [5, 5.41) is 10.2. The number of aliphatic hydroxyl groups excluding tert-OH is 1. The molecule has 2 aromatic carbocycles. The lowest BCUT2D eigenvalue weighted by Crippen LogP contribution is -2.01. The summed E-state index contributed by atoms with van der Waals surface area (Å²) in [6.45, 7) is 1.94. The number of halogens is 2. The van der Waals surface area contributed by atoms with Gasteiger partial charge >= 0.3 is 0 Å². The molecule has 0 aliphatic carbocycles. The Hall–Kier alpha value is -1.19. The zero-order valence-electron chi connectivity index (χ0n) is 9.32. The molecule has 88 valence electrons. The van der Waals surface area contributed by atoms with Crippen LogP contribution >= 0.6 is 15.9 Å². The Kier molecular flexibility index (Phi) is 3.60. The summed E-state index contributed by atoms with van der Waals surface area (Å²) in [4.78, 5) is 0. The first kappa shape index (κ1) is 12.3.